The maximum Gasteiger partial charge on any atom is 0.122 e. The van der Waals surface area contributed by atoms with Gasteiger partial charge in [-0.25, -0.2) is 0 Å². The van der Waals surface area contributed by atoms with Crippen LogP contribution in [0, 0.1) is 12.8 Å². The van der Waals surface area contributed by atoms with Crippen molar-refractivity contribution in [3.8, 4) is 5.75 Å². The van der Waals surface area contributed by atoms with E-state index in [1.165, 1.54) is 17.5 Å². The van der Waals surface area contributed by atoms with Gasteiger partial charge in [0.2, 0.25) is 0 Å². The molecule has 1 aromatic carbocycles. The number of rotatable bonds is 4. The number of hydrogen-bond donors (Lipinski definition) is 1. The first-order chi connectivity index (χ1) is 8.22. The molecular weight excluding hydrogens is 212 g/mol. The number of benzene rings is 1. The number of hydrogen-bond acceptors (Lipinski definition) is 3. The van der Waals surface area contributed by atoms with Gasteiger partial charge in [0.15, 0.2) is 0 Å². The van der Waals surface area contributed by atoms with Crippen molar-refractivity contribution in [1.29, 1.82) is 0 Å². The van der Waals surface area contributed by atoms with Crippen molar-refractivity contribution < 1.29 is 4.74 Å². The minimum absolute atomic E-state index is 0.683. The molecule has 2 N–H and O–H groups in total. The number of methoxy groups -OCH3 is 1. The minimum atomic E-state index is 0.683. The van der Waals surface area contributed by atoms with Gasteiger partial charge in [-0.1, -0.05) is 12.1 Å². The van der Waals surface area contributed by atoms with Crippen LogP contribution in [0.25, 0.3) is 0 Å². The summed E-state index contributed by atoms with van der Waals surface area (Å²) in [6.45, 7) is 6.19. The fraction of sp³-hybridized carbons (Fsp3) is 0.571. The Morgan fingerprint density at radius 3 is 2.94 bits per heavy atom. The van der Waals surface area contributed by atoms with Crippen LogP contribution in [0.1, 0.15) is 17.5 Å². The van der Waals surface area contributed by atoms with E-state index in [9.17, 15) is 0 Å². The fourth-order valence-corrected chi connectivity index (χ4v) is 2.47. The lowest BCUT2D eigenvalue weighted by atomic mass is 10.1. The molecule has 2 rings (SSSR count). The highest BCUT2D eigenvalue weighted by atomic mass is 16.5. The Bertz CT molecular complexity index is 378. The van der Waals surface area contributed by atoms with Gasteiger partial charge in [0, 0.05) is 13.1 Å². The van der Waals surface area contributed by atoms with Crippen molar-refractivity contribution in [1.82, 2.24) is 4.90 Å². The molecule has 1 aliphatic rings. The average molecular weight is 234 g/mol. The SMILES string of the molecule is COc1cc(CN2CCC(CN)C2)ccc1C. The molecule has 0 saturated carbocycles. The zero-order valence-corrected chi connectivity index (χ0v) is 10.8. The summed E-state index contributed by atoms with van der Waals surface area (Å²) in [4.78, 5) is 2.47. The molecule has 1 atom stereocenters. The first kappa shape index (κ1) is 12.4. The zero-order chi connectivity index (χ0) is 12.3. The van der Waals surface area contributed by atoms with Crippen molar-refractivity contribution in [3.63, 3.8) is 0 Å². The van der Waals surface area contributed by atoms with Gasteiger partial charge in [-0.3, -0.25) is 4.90 Å². The minimum Gasteiger partial charge on any atom is -0.496 e. The Labute approximate surface area is 104 Å². The van der Waals surface area contributed by atoms with Gasteiger partial charge in [0.1, 0.15) is 5.75 Å². The lowest BCUT2D eigenvalue weighted by Gasteiger charge is -2.16. The summed E-state index contributed by atoms with van der Waals surface area (Å²) in [5, 5.41) is 0. The molecule has 0 amide bonds. The summed E-state index contributed by atoms with van der Waals surface area (Å²) in [6, 6.07) is 6.46. The third-order valence-corrected chi connectivity index (χ3v) is 3.58. The molecule has 1 fully saturated rings. The van der Waals surface area contributed by atoms with Crippen LogP contribution in [0.15, 0.2) is 18.2 Å². The summed E-state index contributed by atoms with van der Waals surface area (Å²) in [5.74, 6) is 1.67. The second kappa shape index (κ2) is 5.52. The molecular formula is C14H22N2O. The largest absolute Gasteiger partial charge is 0.496 e. The highest BCUT2D eigenvalue weighted by Gasteiger charge is 2.21. The highest BCUT2D eigenvalue weighted by molar-refractivity contribution is 5.36. The van der Waals surface area contributed by atoms with Gasteiger partial charge in [0.05, 0.1) is 7.11 Å². The molecule has 0 radical (unpaired) electrons. The number of aryl methyl sites for hydroxylation is 1. The predicted molar refractivity (Wildman–Crippen MR) is 70.2 cm³/mol. The van der Waals surface area contributed by atoms with Gasteiger partial charge in [-0.15, -0.1) is 0 Å². The molecule has 17 heavy (non-hydrogen) atoms. The number of nitrogens with two attached hydrogens (primary N) is 1. The quantitative estimate of drug-likeness (QED) is 0.863. The van der Waals surface area contributed by atoms with Crippen LogP contribution in [-0.2, 0) is 6.54 Å². The molecule has 0 aromatic heterocycles. The molecule has 1 saturated heterocycles. The second-order valence-electron chi connectivity index (χ2n) is 4.93. The molecule has 1 aliphatic heterocycles. The van der Waals surface area contributed by atoms with Gasteiger partial charge in [-0.2, -0.15) is 0 Å². The Morgan fingerprint density at radius 1 is 1.47 bits per heavy atom. The summed E-state index contributed by atoms with van der Waals surface area (Å²) in [7, 11) is 1.73. The van der Waals surface area contributed by atoms with E-state index in [1.807, 2.05) is 0 Å². The van der Waals surface area contributed by atoms with Crippen molar-refractivity contribution in [2.75, 3.05) is 26.7 Å². The van der Waals surface area contributed by atoms with E-state index in [1.54, 1.807) is 7.11 Å². The average Bonchev–Trinajstić information content (AvgIpc) is 2.79. The van der Waals surface area contributed by atoms with E-state index in [-0.39, 0.29) is 0 Å². The van der Waals surface area contributed by atoms with E-state index in [0.717, 1.165) is 31.9 Å². The maximum atomic E-state index is 5.71. The summed E-state index contributed by atoms with van der Waals surface area (Å²) < 4.78 is 5.35. The Balaban J connectivity index is 1.99. The number of ether oxygens (including phenoxy) is 1. The van der Waals surface area contributed by atoms with Crippen LogP contribution >= 0.6 is 0 Å². The molecule has 0 aliphatic carbocycles. The maximum absolute atomic E-state index is 5.71. The fourth-order valence-electron chi connectivity index (χ4n) is 2.47. The van der Waals surface area contributed by atoms with Crippen molar-refractivity contribution >= 4 is 0 Å². The lowest BCUT2D eigenvalue weighted by molar-refractivity contribution is 0.317. The van der Waals surface area contributed by atoms with Gasteiger partial charge in [0.25, 0.3) is 0 Å². The Hall–Kier alpha value is -1.06. The molecule has 94 valence electrons. The van der Waals surface area contributed by atoms with Crippen LogP contribution in [0.4, 0.5) is 0 Å². The standard InChI is InChI=1S/C14H22N2O/c1-11-3-4-12(7-14(11)17-2)9-16-6-5-13(8-15)10-16/h3-4,7,13H,5-6,8-10,15H2,1-2H3. The number of nitrogens with zero attached hydrogens (tertiary/aromatic N) is 1. The smallest absolute Gasteiger partial charge is 0.122 e. The van der Waals surface area contributed by atoms with Crippen LogP contribution in [0.5, 0.6) is 5.75 Å². The van der Waals surface area contributed by atoms with E-state index >= 15 is 0 Å². The molecule has 0 spiro atoms. The Kier molecular flexibility index (Phi) is 4.02. The molecule has 3 heteroatoms. The summed E-state index contributed by atoms with van der Waals surface area (Å²) in [5.41, 5.74) is 8.22. The van der Waals surface area contributed by atoms with E-state index in [4.69, 9.17) is 10.5 Å². The lowest BCUT2D eigenvalue weighted by Crippen LogP contribution is -2.22. The Morgan fingerprint density at radius 2 is 2.29 bits per heavy atom. The normalized spacial score (nSPS) is 20.8. The number of likely N-dealkylation sites (tertiary alicyclic amines) is 1. The van der Waals surface area contributed by atoms with Crippen molar-refractivity contribution in [2.24, 2.45) is 11.7 Å². The monoisotopic (exact) mass is 234 g/mol. The summed E-state index contributed by atoms with van der Waals surface area (Å²) in [6.07, 6.45) is 1.24. The van der Waals surface area contributed by atoms with Crippen LogP contribution in [0.2, 0.25) is 0 Å². The first-order valence-electron chi connectivity index (χ1n) is 6.29. The van der Waals surface area contributed by atoms with Crippen molar-refractivity contribution in [3.05, 3.63) is 29.3 Å². The molecule has 0 bridgehead atoms. The van der Waals surface area contributed by atoms with E-state index < -0.39 is 0 Å². The second-order valence-corrected chi connectivity index (χ2v) is 4.93. The predicted octanol–water partition coefficient (Wildman–Crippen LogP) is 1.78. The molecule has 1 unspecified atom stereocenters. The topological polar surface area (TPSA) is 38.5 Å². The van der Waals surface area contributed by atoms with E-state index in [2.05, 4.69) is 30.0 Å². The molecule has 1 heterocycles. The first-order valence-corrected chi connectivity index (χ1v) is 6.29. The van der Waals surface area contributed by atoms with Crippen LogP contribution in [-0.4, -0.2) is 31.6 Å². The van der Waals surface area contributed by atoms with Gasteiger partial charge in [-0.05, 0) is 49.5 Å². The van der Waals surface area contributed by atoms with Crippen LogP contribution < -0.4 is 10.5 Å². The van der Waals surface area contributed by atoms with Crippen molar-refractivity contribution in [2.45, 2.75) is 19.9 Å². The zero-order valence-electron chi connectivity index (χ0n) is 10.8. The van der Waals surface area contributed by atoms with Crippen LogP contribution in [0.3, 0.4) is 0 Å². The molecule has 1 aromatic rings. The third-order valence-electron chi connectivity index (χ3n) is 3.58. The highest BCUT2D eigenvalue weighted by Crippen LogP contribution is 2.22. The van der Waals surface area contributed by atoms with Gasteiger partial charge < -0.3 is 10.5 Å². The van der Waals surface area contributed by atoms with Gasteiger partial charge >= 0.3 is 0 Å². The molecule has 3 nitrogen and oxygen atoms in total. The summed E-state index contributed by atoms with van der Waals surface area (Å²) >= 11 is 0. The third kappa shape index (κ3) is 2.99. The van der Waals surface area contributed by atoms with E-state index in [0.29, 0.717) is 5.92 Å².